The van der Waals surface area contributed by atoms with Gasteiger partial charge in [-0.25, -0.2) is 4.98 Å². The van der Waals surface area contributed by atoms with Crippen molar-refractivity contribution < 1.29 is 9.84 Å². The van der Waals surface area contributed by atoms with Crippen LogP contribution in [-0.4, -0.2) is 47.9 Å². The van der Waals surface area contributed by atoms with Crippen molar-refractivity contribution in [1.82, 2.24) is 15.3 Å². The van der Waals surface area contributed by atoms with Crippen LogP contribution in [0.25, 0.3) is 0 Å². The lowest BCUT2D eigenvalue weighted by atomic mass is 10.1. The molecule has 0 spiro atoms. The summed E-state index contributed by atoms with van der Waals surface area (Å²) in [4.78, 5) is 11.5. The summed E-state index contributed by atoms with van der Waals surface area (Å²) in [6.45, 7) is 4.03. The van der Waals surface area contributed by atoms with Crippen molar-refractivity contribution in [2.45, 2.75) is 25.8 Å². The third kappa shape index (κ3) is 2.64. The number of rotatable bonds is 4. The van der Waals surface area contributed by atoms with Crippen LogP contribution in [0.15, 0.2) is 0 Å². The van der Waals surface area contributed by atoms with Crippen LogP contribution in [0.5, 0.6) is 5.88 Å². The zero-order valence-electron chi connectivity index (χ0n) is 11.1. The van der Waals surface area contributed by atoms with Gasteiger partial charge in [0.25, 0.3) is 0 Å². The predicted octanol–water partition coefficient (Wildman–Crippen LogP) is 0.0936. The van der Waals surface area contributed by atoms with Gasteiger partial charge in [-0.3, -0.25) is 0 Å². The fourth-order valence-corrected chi connectivity index (χ4v) is 2.62. The molecule has 1 fully saturated rings. The molecular formula is C13H20N4O2. The van der Waals surface area contributed by atoms with Gasteiger partial charge in [-0.1, -0.05) is 0 Å². The number of fused-ring (bicyclic) bond motifs is 1. The molecule has 0 saturated carbocycles. The van der Waals surface area contributed by atoms with Crippen molar-refractivity contribution in [1.29, 1.82) is 0 Å². The van der Waals surface area contributed by atoms with Crippen molar-refractivity contribution in [3.63, 3.8) is 0 Å². The summed E-state index contributed by atoms with van der Waals surface area (Å²) in [6.07, 6.45) is 3.32. The van der Waals surface area contributed by atoms with Gasteiger partial charge in [-0.15, -0.1) is 0 Å². The molecule has 0 aliphatic carbocycles. The van der Waals surface area contributed by atoms with E-state index in [1.54, 1.807) is 0 Å². The molecular weight excluding hydrogens is 244 g/mol. The van der Waals surface area contributed by atoms with Gasteiger partial charge in [-0.2, -0.15) is 4.98 Å². The average molecular weight is 264 g/mol. The molecule has 3 rings (SSSR count). The normalized spacial score (nSPS) is 18.5. The van der Waals surface area contributed by atoms with Gasteiger partial charge in [0.05, 0.1) is 12.3 Å². The van der Waals surface area contributed by atoms with E-state index >= 15 is 0 Å². The van der Waals surface area contributed by atoms with Crippen LogP contribution in [0.1, 0.15) is 24.1 Å². The van der Waals surface area contributed by atoms with Crippen LogP contribution in [0.3, 0.4) is 0 Å². The molecule has 0 bridgehead atoms. The van der Waals surface area contributed by atoms with Gasteiger partial charge in [0.1, 0.15) is 6.61 Å². The summed E-state index contributed by atoms with van der Waals surface area (Å²) in [7, 11) is 0. The van der Waals surface area contributed by atoms with Crippen LogP contribution in [0, 0.1) is 0 Å². The highest BCUT2D eigenvalue weighted by molar-refractivity contribution is 5.42. The summed E-state index contributed by atoms with van der Waals surface area (Å²) in [5.74, 6) is 1.42. The number of nitrogens with zero attached hydrogens (tertiary/aromatic N) is 3. The van der Waals surface area contributed by atoms with Crippen LogP contribution in [-0.2, 0) is 13.0 Å². The first-order valence-electron chi connectivity index (χ1n) is 6.97. The van der Waals surface area contributed by atoms with E-state index in [0.29, 0.717) is 5.88 Å². The number of aromatic nitrogens is 2. The molecule has 0 unspecified atom stereocenters. The number of nitrogens with one attached hydrogen (secondary N) is 1. The van der Waals surface area contributed by atoms with E-state index in [9.17, 15) is 0 Å². The lowest BCUT2D eigenvalue weighted by Crippen LogP contribution is -2.28. The number of hydrogen-bond acceptors (Lipinski definition) is 6. The molecule has 3 heterocycles. The van der Waals surface area contributed by atoms with Crippen molar-refractivity contribution in [3.8, 4) is 5.88 Å². The highest BCUT2D eigenvalue weighted by Gasteiger charge is 2.22. The quantitative estimate of drug-likeness (QED) is 0.803. The molecule has 0 atom stereocenters. The Bertz CT molecular complexity index is 447. The van der Waals surface area contributed by atoms with E-state index in [1.807, 2.05) is 0 Å². The zero-order valence-corrected chi connectivity index (χ0v) is 11.1. The maximum atomic E-state index is 8.92. The van der Waals surface area contributed by atoms with Crippen molar-refractivity contribution in [2.24, 2.45) is 0 Å². The van der Waals surface area contributed by atoms with Crippen molar-refractivity contribution in [2.75, 3.05) is 37.7 Å². The Morgan fingerprint density at radius 1 is 1.26 bits per heavy atom. The van der Waals surface area contributed by atoms with Gasteiger partial charge >= 0.3 is 0 Å². The van der Waals surface area contributed by atoms with Gasteiger partial charge in [0.15, 0.2) is 0 Å². The summed E-state index contributed by atoms with van der Waals surface area (Å²) >= 11 is 0. The molecule has 0 radical (unpaired) electrons. The number of anilines is 1. The van der Waals surface area contributed by atoms with E-state index in [-0.39, 0.29) is 13.2 Å². The second-order valence-electron chi connectivity index (χ2n) is 4.95. The molecule has 2 aliphatic rings. The van der Waals surface area contributed by atoms with E-state index in [0.717, 1.165) is 49.8 Å². The molecule has 1 aromatic rings. The Labute approximate surface area is 112 Å². The maximum Gasteiger partial charge on any atom is 0.228 e. The standard InChI is InChI=1S/C13H20N4O2/c18-7-8-19-12-10-9-14-4-3-11(10)15-13(16-12)17-5-1-2-6-17/h14,18H,1-9H2. The summed E-state index contributed by atoms with van der Waals surface area (Å²) in [5.41, 5.74) is 2.13. The molecule has 2 N–H and O–H groups in total. The third-order valence-electron chi connectivity index (χ3n) is 3.60. The predicted molar refractivity (Wildman–Crippen MR) is 71.5 cm³/mol. The second kappa shape index (κ2) is 5.71. The minimum atomic E-state index is 0.00521. The molecule has 1 aromatic heterocycles. The lowest BCUT2D eigenvalue weighted by molar-refractivity contribution is 0.194. The SMILES string of the molecule is OCCOc1nc(N2CCCC2)nc2c1CNCC2. The van der Waals surface area contributed by atoms with Crippen LogP contribution in [0.2, 0.25) is 0 Å². The Morgan fingerprint density at radius 3 is 2.89 bits per heavy atom. The summed E-state index contributed by atoms with van der Waals surface area (Å²) in [6, 6.07) is 0. The Hall–Kier alpha value is -1.40. The fourth-order valence-electron chi connectivity index (χ4n) is 2.62. The van der Waals surface area contributed by atoms with Crippen LogP contribution >= 0.6 is 0 Å². The highest BCUT2D eigenvalue weighted by Crippen LogP contribution is 2.26. The minimum Gasteiger partial charge on any atom is -0.475 e. The number of aliphatic hydroxyl groups excluding tert-OH is 1. The number of hydrogen-bond donors (Lipinski definition) is 2. The summed E-state index contributed by atoms with van der Waals surface area (Å²) in [5, 5.41) is 12.2. The van der Waals surface area contributed by atoms with E-state index < -0.39 is 0 Å². The van der Waals surface area contributed by atoms with Crippen molar-refractivity contribution >= 4 is 5.95 Å². The third-order valence-corrected chi connectivity index (χ3v) is 3.60. The lowest BCUT2D eigenvalue weighted by Gasteiger charge is -2.23. The fraction of sp³-hybridized carbons (Fsp3) is 0.692. The smallest absolute Gasteiger partial charge is 0.228 e. The largest absolute Gasteiger partial charge is 0.475 e. The van der Waals surface area contributed by atoms with E-state index in [2.05, 4.69) is 15.2 Å². The first-order chi connectivity index (χ1) is 9.38. The topological polar surface area (TPSA) is 70.5 Å². The van der Waals surface area contributed by atoms with Gasteiger partial charge in [0, 0.05) is 38.2 Å². The number of aliphatic hydroxyl groups is 1. The first-order valence-corrected chi connectivity index (χ1v) is 6.97. The first kappa shape index (κ1) is 12.6. The summed E-state index contributed by atoms with van der Waals surface area (Å²) < 4.78 is 5.59. The molecule has 19 heavy (non-hydrogen) atoms. The minimum absolute atomic E-state index is 0.00521. The van der Waals surface area contributed by atoms with Gasteiger partial charge in [0.2, 0.25) is 11.8 Å². The zero-order chi connectivity index (χ0) is 13.1. The highest BCUT2D eigenvalue weighted by atomic mass is 16.5. The van der Waals surface area contributed by atoms with Crippen LogP contribution in [0.4, 0.5) is 5.95 Å². The van der Waals surface area contributed by atoms with E-state index in [4.69, 9.17) is 14.8 Å². The van der Waals surface area contributed by atoms with Crippen molar-refractivity contribution in [3.05, 3.63) is 11.3 Å². The molecule has 0 amide bonds. The van der Waals surface area contributed by atoms with Crippen LogP contribution < -0.4 is 15.0 Å². The monoisotopic (exact) mass is 264 g/mol. The Morgan fingerprint density at radius 2 is 2.11 bits per heavy atom. The average Bonchev–Trinajstić information content (AvgIpc) is 2.98. The molecule has 0 aromatic carbocycles. The molecule has 1 saturated heterocycles. The molecule has 6 nitrogen and oxygen atoms in total. The number of ether oxygens (including phenoxy) is 1. The maximum absolute atomic E-state index is 8.92. The van der Waals surface area contributed by atoms with E-state index in [1.165, 1.54) is 12.8 Å². The molecule has 2 aliphatic heterocycles. The second-order valence-corrected chi connectivity index (χ2v) is 4.95. The molecule has 104 valence electrons. The molecule has 6 heteroatoms. The Balaban J connectivity index is 1.92. The Kier molecular flexibility index (Phi) is 3.79. The van der Waals surface area contributed by atoms with Gasteiger partial charge in [-0.05, 0) is 12.8 Å². The van der Waals surface area contributed by atoms with Gasteiger partial charge < -0.3 is 20.1 Å².